The van der Waals surface area contributed by atoms with Crippen molar-refractivity contribution in [2.45, 2.75) is 57.5 Å². The highest BCUT2D eigenvalue weighted by Gasteiger charge is 2.31. The van der Waals surface area contributed by atoms with Crippen molar-refractivity contribution in [2.24, 2.45) is 0 Å². The van der Waals surface area contributed by atoms with Crippen LogP contribution < -0.4 is 5.32 Å². The van der Waals surface area contributed by atoms with Crippen molar-refractivity contribution >= 4 is 11.6 Å². The Morgan fingerprint density at radius 3 is 2.65 bits per heavy atom. The van der Waals surface area contributed by atoms with Crippen molar-refractivity contribution in [3.63, 3.8) is 0 Å². The van der Waals surface area contributed by atoms with Crippen LogP contribution in [0.15, 0.2) is 28.8 Å². The summed E-state index contributed by atoms with van der Waals surface area (Å²) in [4.78, 5) is 2.41. The third kappa shape index (κ3) is 4.14. The third-order valence-electron chi connectivity index (χ3n) is 6.63. The van der Waals surface area contributed by atoms with E-state index in [1.54, 1.807) is 0 Å². The van der Waals surface area contributed by atoms with Gasteiger partial charge in [-0.15, -0.1) is 10.2 Å². The molecule has 1 fully saturated rings. The summed E-state index contributed by atoms with van der Waals surface area (Å²) in [6.45, 7) is 5.49. The third-order valence-corrected chi connectivity index (χ3v) is 6.87. The van der Waals surface area contributed by atoms with Crippen molar-refractivity contribution in [2.75, 3.05) is 20.1 Å². The number of benzene rings is 1. The lowest BCUT2D eigenvalue weighted by Crippen LogP contribution is -2.29. The number of hydrogen-bond donors (Lipinski definition) is 1. The number of hydrogen-bond acceptors (Lipinski definition) is 6. The lowest BCUT2D eigenvalue weighted by Gasteiger charge is -2.27. The van der Waals surface area contributed by atoms with Crippen LogP contribution in [0.4, 0.5) is 0 Å². The summed E-state index contributed by atoms with van der Waals surface area (Å²) in [5.41, 5.74) is 3.49. The van der Waals surface area contributed by atoms with Gasteiger partial charge in [-0.1, -0.05) is 16.8 Å². The standard InChI is InChI=1S/C23H29ClN6O/c1-15-11-20(28-31-15)16-3-5-17(6-4-16)23-27-26-22-14-29(10-9-25-2)13-18-12-19(24)7-8-21(18)30(22)23/h7-8,11-12,16-17,25H,3-6,9-10,13-14H2,1-2H3/t16-,17-. The minimum absolute atomic E-state index is 0.401. The van der Waals surface area contributed by atoms with Gasteiger partial charge in [-0.05, 0) is 63.4 Å². The van der Waals surface area contributed by atoms with E-state index in [1.165, 1.54) is 11.3 Å². The summed E-state index contributed by atoms with van der Waals surface area (Å²) in [5.74, 6) is 3.87. The zero-order valence-corrected chi connectivity index (χ0v) is 18.9. The zero-order chi connectivity index (χ0) is 21.4. The van der Waals surface area contributed by atoms with Crippen molar-refractivity contribution in [3.05, 3.63) is 58.0 Å². The molecule has 0 radical (unpaired) electrons. The maximum Gasteiger partial charge on any atom is 0.151 e. The Morgan fingerprint density at radius 2 is 1.90 bits per heavy atom. The predicted molar refractivity (Wildman–Crippen MR) is 120 cm³/mol. The zero-order valence-electron chi connectivity index (χ0n) is 18.1. The van der Waals surface area contributed by atoms with Gasteiger partial charge in [0.05, 0.1) is 17.9 Å². The fourth-order valence-electron chi connectivity index (χ4n) is 5.01. The monoisotopic (exact) mass is 440 g/mol. The molecule has 1 saturated carbocycles. The predicted octanol–water partition coefficient (Wildman–Crippen LogP) is 4.19. The summed E-state index contributed by atoms with van der Waals surface area (Å²) in [7, 11) is 1.99. The minimum atomic E-state index is 0.401. The Bertz CT molecular complexity index is 1050. The molecule has 0 unspecified atom stereocenters. The number of rotatable bonds is 5. The molecule has 164 valence electrons. The van der Waals surface area contributed by atoms with Crippen LogP contribution in [0.1, 0.15) is 66.2 Å². The molecular formula is C23H29ClN6O. The van der Waals surface area contributed by atoms with E-state index in [4.69, 9.17) is 21.2 Å². The van der Waals surface area contributed by atoms with Crippen molar-refractivity contribution in [1.82, 2.24) is 30.1 Å². The largest absolute Gasteiger partial charge is 0.361 e. The Labute approximate surface area is 187 Å². The van der Waals surface area contributed by atoms with Gasteiger partial charge in [-0.25, -0.2) is 0 Å². The van der Waals surface area contributed by atoms with Crippen molar-refractivity contribution in [3.8, 4) is 5.69 Å². The van der Waals surface area contributed by atoms with Crippen LogP contribution in [0.3, 0.4) is 0 Å². The average Bonchev–Trinajstić information content (AvgIpc) is 3.35. The van der Waals surface area contributed by atoms with Gasteiger partial charge in [-0.3, -0.25) is 9.47 Å². The molecule has 0 spiro atoms. The molecule has 1 N–H and O–H groups in total. The highest BCUT2D eigenvalue weighted by Crippen LogP contribution is 2.41. The molecule has 0 atom stereocenters. The van der Waals surface area contributed by atoms with Crippen LogP contribution in [0.2, 0.25) is 5.02 Å². The molecule has 0 amide bonds. The molecule has 8 heteroatoms. The van der Waals surface area contributed by atoms with Crippen LogP contribution >= 0.6 is 11.6 Å². The Hall–Kier alpha value is -2.22. The van der Waals surface area contributed by atoms with Crippen LogP contribution in [-0.2, 0) is 13.1 Å². The van der Waals surface area contributed by atoms with E-state index in [0.717, 1.165) is 80.0 Å². The molecule has 7 nitrogen and oxygen atoms in total. The second kappa shape index (κ2) is 8.73. The Kier molecular flexibility index (Phi) is 5.82. The van der Waals surface area contributed by atoms with Crippen molar-refractivity contribution < 1.29 is 4.52 Å². The number of halogens is 1. The maximum absolute atomic E-state index is 6.36. The molecule has 1 aliphatic carbocycles. The van der Waals surface area contributed by atoms with Crippen LogP contribution in [0, 0.1) is 6.92 Å². The first kappa shape index (κ1) is 20.7. The minimum Gasteiger partial charge on any atom is -0.361 e. The summed E-state index contributed by atoms with van der Waals surface area (Å²) in [5, 5.41) is 17.6. The average molecular weight is 441 g/mol. The van der Waals surface area contributed by atoms with E-state index in [-0.39, 0.29) is 0 Å². The van der Waals surface area contributed by atoms with Gasteiger partial charge in [0, 0.05) is 42.6 Å². The topological polar surface area (TPSA) is 72.0 Å². The van der Waals surface area contributed by atoms with Gasteiger partial charge < -0.3 is 9.84 Å². The molecule has 0 saturated heterocycles. The number of fused-ring (bicyclic) bond motifs is 3. The van der Waals surface area contributed by atoms with Gasteiger partial charge in [0.2, 0.25) is 0 Å². The second-order valence-corrected chi connectivity index (χ2v) is 9.24. The van der Waals surface area contributed by atoms with Crippen LogP contribution in [0.5, 0.6) is 0 Å². The van der Waals surface area contributed by atoms with Gasteiger partial charge in [0.25, 0.3) is 0 Å². The Balaban J connectivity index is 1.43. The number of likely N-dealkylation sites (N-methyl/N-ethyl adjacent to an activating group) is 1. The van der Waals surface area contributed by atoms with Crippen molar-refractivity contribution in [1.29, 1.82) is 0 Å². The molecule has 31 heavy (non-hydrogen) atoms. The molecule has 2 aromatic heterocycles. The van der Waals surface area contributed by atoms with Gasteiger partial charge >= 0.3 is 0 Å². The fraction of sp³-hybridized carbons (Fsp3) is 0.522. The summed E-state index contributed by atoms with van der Waals surface area (Å²) in [6, 6.07) is 8.26. The maximum atomic E-state index is 6.36. The van der Waals surface area contributed by atoms with E-state index >= 15 is 0 Å². The summed E-state index contributed by atoms with van der Waals surface area (Å²) < 4.78 is 7.60. The molecule has 2 aliphatic rings. The van der Waals surface area contributed by atoms with Crippen LogP contribution in [0.25, 0.3) is 5.69 Å². The fourth-order valence-corrected chi connectivity index (χ4v) is 5.20. The molecule has 3 heterocycles. The molecule has 3 aromatic rings. The van der Waals surface area contributed by atoms with Gasteiger partial charge in [-0.2, -0.15) is 0 Å². The number of nitrogens with zero attached hydrogens (tertiary/aromatic N) is 5. The van der Waals surface area contributed by atoms with Gasteiger partial charge in [0.15, 0.2) is 5.82 Å². The highest BCUT2D eigenvalue weighted by atomic mass is 35.5. The van der Waals surface area contributed by atoms with Gasteiger partial charge in [0.1, 0.15) is 11.6 Å². The normalized spacial score (nSPS) is 21.5. The number of nitrogens with one attached hydrogen (secondary N) is 1. The lowest BCUT2D eigenvalue weighted by molar-refractivity contribution is 0.256. The molecule has 5 rings (SSSR count). The van der Waals surface area contributed by atoms with Crippen LogP contribution in [-0.4, -0.2) is 45.0 Å². The molecule has 1 aliphatic heterocycles. The first-order valence-corrected chi connectivity index (χ1v) is 11.5. The first-order valence-electron chi connectivity index (χ1n) is 11.2. The highest BCUT2D eigenvalue weighted by molar-refractivity contribution is 6.30. The first-order chi connectivity index (χ1) is 15.1. The molecule has 0 bridgehead atoms. The quantitative estimate of drug-likeness (QED) is 0.641. The second-order valence-electron chi connectivity index (χ2n) is 8.81. The van der Waals surface area contributed by atoms with E-state index in [0.29, 0.717) is 11.8 Å². The summed E-state index contributed by atoms with van der Waals surface area (Å²) in [6.07, 6.45) is 4.36. The number of aryl methyl sites for hydroxylation is 1. The summed E-state index contributed by atoms with van der Waals surface area (Å²) >= 11 is 6.36. The lowest BCUT2D eigenvalue weighted by atomic mass is 9.80. The Morgan fingerprint density at radius 1 is 1.10 bits per heavy atom. The van der Waals surface area contributed by atoms with E-state index in [9.17, 15) is 0 Å². The SMILES string of the molecule is CNCCN1Cc2cc(Cl)ccc2-n2c(nnc2[C@H]2CC[C@H](c3cc(C)on3)CC2)C1. The molecule has 1 aromatic carbocycles. The smallest absolute Gasteiger partial charge is 0.151 e. The number of aromatic nitrogens is 4. The molecular weight excluding hydrogens is 412 g/mol. The van der Waals surface area contributed by atoms with E-state index in [1.807, 2.05) is 20.0 Å². The van der Waals surface area contributed by atoms with E-state index < -0.39 is 0 Å². The van der Waals surface area contributed by atoms with E-state index in [2.05, 4.69) is 43.2 Å².